The summed E-state index contributed by atoms with van der Waals surface area (Å²) in [6, 6.07) is 23.1. The van der Waals surface area contributed by atoms with Gasteiger partial charge in [-0.05, 0) is 29.8 Å². The van der Waals surface area contributed by atoms with Gasteiger partial charge >= 0.3 is 0 Å². The Balaban J connectivity index is 1.40. The zero-order chi connectivity index (χ0) is 22.6. The summed E-state index contributed by atoms with van der Waals surface area (Å²) in [7, 11) is 0. The first-order valence-corrected chi connectivity index (χ1v) is 10.5. The van der Waals surface area contributed by atoms with E-state index in [0.717, 1.165) is 22.2 Å². The third-order valence-electron chi connectivity index (χ3n) is 5.43. The Morgan fingerprint density at radius 1 is 0.879 bits per heavy atom. The van der Waals surface area contributed by atoms with E-state index in [2.05, 4.69) is 20.3 Å². The highest BCUT2D eigenvalue weighted by atomic mass is 19.1. The predicted molar refractivity (Wildman–Crippen MR) is 124 cm³/mol. The van der Waals surface area contributed by atoms with Crippen molar-refractivity contribution in [2.24, 2.45) is 0 Å². The van der Waals surface area contributed by atoms with Gasteiger partial charge in [-0.2, -0.15) is 0 Å². The van der Waals surface area contributed by atoms with Gasteiger partial charge in [-0.1, -0.05) is 54.6 Å². The van der Waals surface area contributed by atoms with E-state index in [-0.39, 0.29) is 11.7 Å². The number of carbonyl (C=O) groups is 1. The number of fused-ring (bicyclic) bond motifs is 1. The molecule has 5 rings (SSSR count). The van der Waals surface area contributed by atoms with Crippen molar-refractivity contribution >= 4 is 16.9 Å². The third-order valence-corrected chi connectivity index (χ3v) is 5.43. The molecule has 0 aliphatic carbocycles. The largest absolute Gasteiger partial charge is 0.343 e. The summed E-state index contributed by atoms with van der Waals surface area (Å²) in [6.45, 7) is 0.431. The van der Waals surface area contributed by atoms with Gasteiger partial charge in [-0.3, -0.25) is 4.79 Å². The predicted octanol–water partition coefficient (Wildman–Crippen LogP) is 4.80. The van der Waals surface area contributed by atoms with Gasteiger partial charge in [0.15, 0.2) is 5.82 Å². The number of hydrogen-bond acceptors (Lipinski definition) is 4. The number of imidazole rings is 1. The minimum Gasteiger partial charge on any atom is -0.343 e. The number of halogens is 1. The van der Waals surface area contributed by atoms with Crippen molar-refractivity contribution in [1.29, 1.82) is 0 Å². The van der Waals surface area contributed by atoms with Crippen LogP contribution in [0.4, 0.5) is 4.39 Å². The van der Waals surface area contributed by atoms with Crippen molar-refractivity contribution in [3.63, 3.8) is 0 Å². The van der Waals surface area contributed by atoms with Gasteiger partial charge in [0, 0.05) is 24.5 Å². The summed E-state index contributed by atoms with van der Waals surface area (Å²) in [5.74, 6) is -0.0951. The van der Waals surface area contributed by atoms with E-state index in [1.165, 1.54) is 24.5 Å². The Labute approximate surface area is 189 Å². The molecule has 5 aromatic rings. The molecular weight excluding hydrogens is 417 g/mol. The lowest BCUT2D eigenvalue weighted by atomic mass is 10.1. The standard InChI is InChI=1S/C26H20FN5O/c27-21-12-10-18(11-13-21)23(16-32-17-30-22-8-4-5-9-24(22)32)31-26(33)20-14-28-25(29-15-20)19-6-2-1-3-7-19/h1-15,17,23H,16H2,(H,31,33). The van der Waals surface area contributed by atoms with E-state index < -0.39 is 6.04 Å². The fourth-order valence-electron chi connectivity index (χ4n) is 3.71. The summed E-state index contributed by atoms with van der Waals surface area (Å²) in [5, 5.41) is 3.04. The molecule has 7 heteroatoms. The number of rotatable bonds is 6. The summed E-state index contributed by atoms with van der Waals surface area (Å²) in [5.41, 5.74) is 3.82. The molecule has 0 fully saturated rings. The maximum atomic E-state index is 13.5. The van der Waals surface area contributed by atoms with Crippen LogP contribution in [0.5, 0.6) is 0 Å². The molecule has 162 valence electrons. The Morgan fingerprint density at radius 3 is 2.33 bits per heavy atom. The SMILES string of the molecule is O=C(NC(Cn1cnc2ccccc21)c1ccc(F)cc1)c1cnc(-c2ccccc2)nc1. The first kappa shape index (κ1) is 20.5. The first-order valence-electron chi connectivity index (χ1n) is 10.5. The van der Waals surface area contributed by atoms with Crippen LogP contribution < -0.4 is 5.32 Å². The normalized spacial score (nSPS) is 11.9. The second kappa shape index (κ2) is 9.00. The maximum Gasteiger partial charge on any atom is 0.254 e. The van der Waals surface area contributed by atoms with Gasteiger partial charge in [-0.15, -0.1) is 0 Å². The Hall–Kier alpha value is -4.39. The molecule has 3 aromatic carbocycles. The number of carbonyl (C=O) groups excluding carboxylic acids is 1. The smallest absolute Gasteiger partial charge is 0.254 e. The highest BCUT2D eigenvalue weighted by Gasteiger charge is 2.18. The van der Waals surface area contributed by atoms with Gasteiger partial charge in [0.05, 0.1) is 29.0 Å². The number of benzene rings is 3. The molecule has 2 aromatic heterocycles. The molecule has 0 saturated heterocycles. The van der Waals surface area contributed by atoms with Crippen LogP contribution in [0.25, 0.3) is 22.4 Å². The van der Waals surface area contributed by atoms with Gasteiger partial charge in [0.25, 0.3) is 5.91 Å². The number of nitrogens with one attached hydrogen (secondary N) is 1. The number of hydrogen-bond donors (Lipinski definition) is 1. The molecule has 0 saturated carbocycles. The number of nitrogens with zero attached hydrogens (tertiary/aromatic N) is 4. The minimum absolute atomic E-state index is 0.312. The zero-order valence-corrected chi connectivity index (χ0v) is 17.6. The molecule has 0 aliphatic heterocycles. The van der Waals surface area contributed by atoms with Crippen molar-refractivity contribution in [3.8, 4) is 11.4 Å². The van der Waals surface area contributed by atoms with E-state index in [4.69, 9.17) is 0 Å². The molecule has 6 nitrogen and oxygen atoms in total. The molecule has 0 radical (unpaired) electrons. The van der Waals surface area contributed by atoms with Gasteiger partial charge < -0.3 is 9.88 Å². The molecule has 1 N–H and O–H groups in total. The van der Waals surface area contributed by atoms with E-state index in [9.17, 15) is 9.18 Å². The lowest BCUT2D eigenvalue weighted by molar-refractivity contribution is 0.0932. The molecule has 33 heavy (non-hydrogen) atoms. The molecule has 0 spiro atoms. The molecule has 1 atom stereocenters. The van der Waals surface area contributed by atoms with Crippen molar-refractivity contribution in [2.45, 2.75) is 12.6 Å². The fraction of sp³-hybridized carbons (Fsp3) is 0.0769. The van der Waals surface area contributed by atoms with E-state index in [1.54, 1.807) is 18.5 Å². The van der Waals surface area contributed by atoms with E-state index in [1.807, 2.05) is 59.2 Å². The van der Waals surface area contributed by atoms with Gasteiger partial charge in [0.2, 0.25) is 0 Å². The molecule has 1 amide bonds. The summed E-state index contributed by atoms with van der Waals surface area (Å²) in [4.78, 5) is 26.2. The van der Waals surface area contributed by atoms with Crippen molar-refractivity contribution < 1.29 is 9.18 Å². The molecule has 1 unspecified atom stereocenters. The van der Waals surface area contributed by atoms with Crippen molar-refractivity contribution in [1.82, 2.24) is 24.8 Å². The Morgan fingerprint density at radius 2 is 1.58 bits per heavy atom. The van der Waals surface area contributed by atoms with Crippen LogP contribution >= 0.6 is 0 Å². The van der Waals surface area contributed by atoms with Gasteiger partial charge in [-0.25, -0.2) is 19.3 Å². The fourth-order valence-corrected chi connectivity index (χ4v) is 3.71. The second-order valence-electron chi connectivity index (χ2n) is 7.62. The summed E-state index contributed by atoms with van der Waals surface area (Å²) >= 11 is 0. The molecular formula is C26H20FN5O. The van der Waals surface area contributed by atoms with E-state index >= 15 is 0 Å². The topological polar surface area (TPSA) is 72.7 Å². The highest BCUT2D eigenvalue weighted by molar-refractivity contribution is 5.94. The molecule has 0 bridgehead atoms. The summed E-state index contributed by atoms with van der Waals surface area (Å²) < 4.78 is 15.5. The second-order valence-corrected chi connectivity index (χ2v) is 7.62. The van der Waals surface area contributed by atoms with Gasteiger partial charge in [0.1, 0.15) is 5.82 Å². The van der Waals surface area contributed by atoms with Crippen LogP contribution in [-0.4, -0.2) is 25.4 Å². The Bertz CT molecular complexity index is 1380. The van der Waals surface area contributed by atoms with Crippen LogP contribution in [0.15, 0.2) is 97.6 Å². The van der Waals surface area contributed by atoms with E-state index in [0.29, 0.717) is 17.9 Å². The van der Waals surface area contributed by atoms with Crippen LogP contribution in [0, 0.1) is 5.82 Å². The molecule has 0 aliphatic rings. The average molecular weight is 437 g/mol. The van der Waals surface area contributed by atoms with Crippen LogP contribution in [0.1, 0.15) is 22.0 Å². The number of aromatic nitrogens is 4. The minimum atomic E-state index is -0.412. The van der Waals surface area contributed by atoms with Crippen LogP contribution in [0.3, 0.4) is 0 Å². The van der Waals surface area contributed by atoms with Crippen LogP contribution in [0.2, 0.25) is 0 Å². The average Bonchev–Trinajstić information content (AvgIpc) is 3.27. The third kappa shape index (κ3) is 4.48. The Kier molecular flexibility index (Phi) is 5.59. The maximum absolute atomic E-state index is 13.5. The number of amides is 1. The quantitative estimate of drug-likeness (QED) is 0.414. The summed E-state index contributed by atoms with van der Waals surface area (Å²) in [6.07, 6.45) is 4.77. The monoisotopic (exact) mass is 437 g/mol. The van der Waals surface area contributed by atoms with Crippen molar-refractivity contribution in [3.05, 3.63) is 115 Å². The lowest BCUT2D eigenvalue weighted by Crippen LogP contribution is -2.31. The number of para-hydroxylation sites is 2. The first-order chi connectivity index (χ1) is 16.2. The zero-order valence-electron chi connectivity index (χ0n) is 17.6. The molecule has 2 heterocycles. The van der Waals surface area contributed by atoms with Crippen LogP contribution in [-0.2, 0) is 6.54 Å². The lowest BCUT2D eigenvalue weighted by Gasteiger charge is -2.20. The van der Waals surface area contributed by atoms with Crippen molar-refractivity contribution in [2.75, 3.05) is 0 Å². The highest BCUT2D eigenvalue weighted by Crippen LogP contribution is 2.21.